The van der Waals surface area contributed by atoms with Crippen molar-refractivity contribution in [2.24, 2.45) is 5.41 Å². The second kappa shape index (κ2) is 5.93. The van der Waals surface area contributed by atoms with Crippen LogP contribution in [-0.2, 0) is 0 Å². The van der Waals surface area contributed by atoms with E-state index in [4.69, 9.17) is 9.84 Å². The smallest absolute Gasteiger partial charge is 0.319 e. The Morgan fingerprint density at radius 3 is 2.58 bits per heavy atom. The van der Waals surface area contributed by atoms with Gasteiger partial charge in [-0.15, -0.1) is 0 Å². The fourth-order valence-electron chi connectivity index (χ4n) is 1.81. The minimum Gasteiger partial charge on any atom is -0.494 e. The molecule has 0 saturated heterocycles. The average molecular weight is 264 g/mol. The summed E-state index contributed by atoms with van der Waals surface area (Å²) in [5.41, 5.74) is 0.644. The molecule has 0 atom stereocenters. The molecule has 1 aliphatic carbocycles. The molecule has 2 rings (SSSR count). The second-order valence-electron chi connectivity index (χ2n) is 4.92. The van der Waals surface area contributed by atoms with Gasteiger partial charge in [0, 0.05) is 17.6 Å². The quantitative estimate of drug-likeness (QED) is 0.735. The number of benzene rings is 1. The molecule has 0 spiro atoms. The van der Waals surface area contributed by atoms with Gasteiger partial charge in [0.15, 0.2) is 0 Å². The number of hydrogen-bond donors (Lipinski definition) is 3. The highest BCUT2D eigenvalue weighted by atomic mass is 16.5. The van der Waals surface area contributed by atoms with E-state index in [1.165, 1.54) is 0 Å². The molecule has 0 bridgehead atoms. The summed E-state index contributed by atoms with van der Waals surface area (Å²) in [7, 11) is 0. The van der Waals surface area contributed by atoms with E-state index >= 15 is 0 Å². The zero-order valence-electron chi connectivity index (χ0n) is 11.1. The third kappa shape index (κ3) is 3.86. The number of amides is 2. The van der Waals surface area contributed by atoms with Gasteiger partial charge in [-0.25, -0.2) is 4.79 Å². The molecule has 0 heterocycles. The van der Waals surface area contributed by atoms with Crippen molar-refractivity contribution in [3.63, 3.8) is 0 Å². The Balaban J connectivity index is 1.78. The topological polar surface area (TPSA) is 70.6 Å². The maximum atomic E-state index is 11.7. The van der Waals surface area contributed by atoms with Crippen molar-refractivity contribution in [2.45, 2.75) is 19.8 Å². The van der Waals surface area contributed by atoms with Gasteiger partial charge in [0.25, 0.3) is 0 Å². The first-order valence-electron chi connectivity index (χ1n) is 6.56. The van der Waals surface area contributed by atoms with E-state index in [1.807, 2.05) is 19.1 Å². The normalized spacial score (nSPS) is 15.7. The van der Waals surface area contributed by atoms with Crippen molar-refractivity contribution in [1.82, 2.24) is 5.32 Å². The summed E-state index contributed by atoms with van der Waals surface area (Å²) in [6, 6.07) is 6.97. The van der Waals surface area contributed by atoms with Crippen LogP contribution in [0.25, 0.3) is 0 Å². The monoisotopic (exact) mass is 264 g/mol. The highest BCUT2D eigenvalue weighted by molar-refractivity contribution is 5.89. The van der Waals surface area contributed by atoms with E-state index in [1.54, 1.807) is 12.1 Å². The van der Waals surface area contributed by atoms with Gasteiger partial charge in [-0.1, -0.05) is 0 Å². The lowest BCUT2D eigenvalue weighted by molar-refractivity contribution is 0.206. The molecule has 5 nitrogen and oxygen atoms in total. The summed E-state index contributed by atoms with van der Waals surface area (Å²) >= 11 is 0. The fraction of sp³-hybridized carbons (Fsp3) is 0.500. The number of carbonyl (C=O) groups excluding carboxylic acids is 1. The lowest BCUT2D eigenvalue weighted by Gasteiger charge is -2.13. The molecule has 0 aliphatic heterocycles. The summed E-state index contributed by atoms with van der Waals surface area (Å²) in [4.78, 5) is 11.7. The first-order valence-corrected chi connectivity index (χ1v) is 6.56. The van der Waals surface area contributed by atoms with Crippen LogP contribution in [0.1, 0.15) is 19.8 Å². The van der Waals surface area contributed by atoms with Crippen LogP contribution in [0.3, 0.4) is 0 Å². The molecular weight excluding hydrogens is 244 g/mol. The minimum absolute atomic E-state index is 0.0733. The minimum atomic E-state index is -0.246. The number of aliphatic hydroxyl groups is 1. The largest absolute Gasteiger partial charge is 0.494 e. The van der Waals surface area contributed by atoms with Crippen LogP contribution < -0.4 is 15.4 Å². The van der Waals surface area contributed by atoms with Crippen molar-refractivity contribution in [3.05, 3.63) is 24.3 Å². The highest BCUT2D eigenvalue weighted by Crippen LogP contribution is 2.44. The van der Waals surface area contributed by atoms with Crippen molar-refractivity contribution >= 4 is 11.7 Å². The summed E-state index contributed by atoms with van der Waals surface area (Å²) in [6.07, 6.45) is 1.96. The molecule has 104 valence electrons. The molecule has 1 aromatic rings. The Bertz CT molecular complexity index is 427. The number of nitrogens with one attached hydrogen (secondary N) is 2. The first kappa shape index (κ1) is 13.7. The Labute approximate surface area is 113 Å². The van der Waals surface area contributed by atoms with Crippen LogP contribution in [0, 0.1) is 5.41 Å². The second-order valence-corrected chi connectivity index (χ2v) is 4.92. The molecule has 2 amide bonds. The lowest BCUT2D eigenvalue weighted by atomic mass is 10.1. The third-order valence-corrected chi connectivity index (χ3v) is 3.34. The maximum absolute atomic E-state index is 11.7. The van der Waals surface area contributed by atoms with Crippen LogP contribution in [-0.4, -0.2) is 30.9 Å². The fourth-order valence-corrected chi connectivity index (χ4v) is 1.81. The Morgan fingerprint density at radius 2 is 2.05 bits per heavy atom. The van der Waals surface area contributed by atoms with Gasteiger partial charge in [-0.2, -0.15) is 0 Å². The molecule has 1 aliphatic rings. The number of anilines is 1. The number of hydrogen-bond acceptors (Lipinski definition) is 3. The predicted octanol–water partition coefficient (Wildman–Crippen LogP) is 1.98. The number of urea groups is 1. The number of ether oxygens (including phenoxy) is 1. The van der Waals surface area contributed by atoms with Crippen LogP contribution in [0.15, 0.2) is 24.3 Å². The highest BCUT2D eigenvalue weighted by Gasteiger charge is 2.42. The third-order valence-electron chi connectivity index (χ3n) is 3.34. The Kier molecular flexibility index (Phi) is 4.27. The molecule has 0 unspecified atom stereocenters. The van der Waals surface area contributed by atoms with Gasteiger partial charge >= 0.3 is 6.03 Å². The van der Waals surface area contributed by atoms with Gasteiger partial charge < -0.3 is 20.5 Å². The molecule has 1 aromatic carbocycles. The zero-order valence-corrected chi connectivity index (χ0v) is 11.1. The van der Waals surface area contributed by atoms with E-state index in [9.17, 15) is 4.79 Å². The summed E-state index contributed by atoms with van der Waals surface area (Å²) in [5, 5.41) is 14.7. The molecule has 1 fully saturated rings. The van der Waals surface area contributed by atoms with Crippen LogP contribution in [0.2, 0.25) is 0 Å². The van der Waals surface area contributed by atoms with Gasteiger partial charge in [-0.3, -0.25) is 0 Å². The molecule has 1 saturated carbocycles. The Hall–Kier alpha value is -1.75. The molecule has 0 aromatic heterocycles. The zero-order chi connectivity index (χ0) is 13.7. The van der Waals surface area contributed by atoms with E-state index in [-0.39, 0.29) is 18.1 Å². The van der Waals surface area contributed by atoms with E-state index < -0.39 is 0 Å². The van der Waals surface area contributed by atoms with Crippen LogP contribution in [0.4, 0.5) is 10.5 Å². The summed E-state index contributed by atoms with van der Waals surface area (Å²) in [6.45, 7) is 3.20. The van der Waals surface area contributed by atoms with Gasteiger partial charge in [0.2, 0.25) is 0 Å². The molecule has 5 heteroatoms. The summed E-state index contributed by atoms with van der Waals surface area (Å²) in [5.74, 6) is 0.783. The number of carbonyl (C=O) groups is 1. The van der Waals surface area contributed by atoms with Crippen molar-refractivity contribution in [3.8, 4) is 5.75 Å². The molecular formula is C14H20N2O3. The van der Waals surface area contributed by atoms with Crippen LogP contribution in [0.5, 0.6) is 5.75 Å². The molecule has 3 N–H and O–H groups in total. The van der Waals surface area contributed by atoms with E-state index in [0.29, 0.717) is 13.2 Å². The van der Waals surface area contributed by atoms with Gasteiger partial charge in [0.1, 0.15) is 5.75 Å². The maximum Gasteiger partial charge on any atom is 0.319 e. The van der Waals surface area contributed by atoms with Crippen molar-refractivity contribution in [2.75, 3.05) is 25.1 Å². The first-order chi connectivity index (χ1) is 9.17. The van der Waals surface area contributed by atoms with E-state index in [0.717, 1.165) is 24.3 Å². The van der Waals surface area contributed by atoms with Crippen molar-refractivity contribution in [1.29, 1.82) is 0 Å². The van der Waals surface area contributed by atoms with E-state index in [2.05, 4.69) is 10.6 Å². The number of aliphatic hydroxyl groups excluding tert-OH is 1. The summed E-state index contributed by atoms with van der Waals surface area (Å²) < 4.78 is 5.32. The average Bonchev–Trinajstić information content (AvgIpc) is 3.20. The standard InChI is InChI=1S/C14H20N2O3/c1-2-19-12-5-3-11(4-6-12)16-13(18)15-9-14(10-17)7-8-14/h3-6,17H,2,7-10H2,1H3,(H2,15,16,18). The predicted molar refractivity (Wildman–Crippen MR) is 73.4 cm³/mol. The van der Waals surface area contributed by atoms with Crippen molar-refractivity contribution < 1.29 is 14.6 Å². The number of rotatable bonds is 6. The van der Waals surface area contributed by atoms with Crippen LogP contribution >= 0.6 is 0 Å². The molecule has 19 heavy (non-hydrogen) atoms. The lowest BCUT2D eigenvalue weighted by Crippen LogP contribution is -2.35. The Morgan fingerprint density at radius 1 is 1.37 bits per heavy atom. The van der Waals surface area contributed by atoms with Gasteiger partial charge in [-0.05, 0) is 44.0 Å². The molecule has 0 radical (unpaired) electrons. The van der Waals surface area contributed by atoms with Gasteiger partial charge in [0.05, 0.1) is 13.2 Å². The SMILES string of the molecule is CCOc1ccc(NC(=O)NCC2(CO)CC2)cc1.